The van der Waals surface area contributed by atoms with Gasteiger partial charge in [0.05, 0.1) is 24.8 Å². The molecule has 0 saturated carbocycles. The molecule has 208 valence electrons. The smallest absolute Gasteiger partial charge is 0.264 e. The number of nitrogens with zero attached hydrogens (tertiary/aromatic N) is 2. The van der Waals surface area contributed by atoms with Gasteiger partial charge in [0.15, 0.2) is 11.5 Å². The zero-order valence-corrected chi connectivity index (χ0v) is 23.7. The summed E-state index contributed by atoms with van der Waals surface area (Å²) in [5.41, 5.74) is 2.19. The van der Waals surface area contributed by atoms with E-state index in [1.54, 1.807) is 44.2 Å². The van der Waals surface area contributed by atoms with Crippen molar-refractivity contribution in [1.29, 1.82) is 0 Å². The van der Waals surface area contributed by atoms with E-state index in [0.29, 0.717) is 18.0 Å². The van der Waals surface area contributed by atoms with Gasteiger partial charge in [0.1, 0.15) is 12.6 Å². The number of carbonyl (C=O) groups is 2. The van der Waals surface area contributed by atoms with Gasteiger partial charge in [0.2, 0.25) is 11.8 Å². The second kappa shape index (κ2) is 13.1. The Balaban J connectivity index is 2.03. The van der Waals surface area contributed by atoms with Crippen LogP contribution in [0.15, 0.2) is 77.7 Å². The third kappa shape index (κ3) is 7.08. The third-order valence-corrected chi connectivity index (χ3v) is 8.03. The average molecular weight is 554 g/mol. The van der Waals surface area contributed by atoms with Crippen LogP contribution < -0.4 is 19.1 Å². The maximum Gasteiger partial charge on any atom is 0.264 e. The molecule has 0 aliphatic heterocycles. The molecule has 0 saturated heterocycles. The van der Waals surface area contributed by atoms with Gasteiger partial charge in [-0.15, -0.1) is 0 Å². The molecule has 0 bridgehead atoms. The first-order chi connectivity index (χ1) is 18.6. The minimum atomic E-state index is -4.23. The minimum Gasteiger partial charge on any atom is -0.493 e. The van der Waals surface area contributed by atoms with Crippen LogP contribution in [0.2, 0.25) is 0 Å². The Kier molecular flexibility index (Phi) is 9.95. The number of carbonyl (C=O) groups excluding carboxylic acids is 2. The maximum absolute atomic E-state index is 13.9. The van der Waals surface area contributed by atoms with Crippen molar-refractivity contribution in [3.63, 3.8) is 0 Å². The van der Waals surface area contributed by atoms with Gasteiger partial charge in [0, 0.05) is 19.2 Å². The Labute approximate surface area is 230 Å². The van der Waals surface area contributed by atoms with Crippen molar-refractivity contribution in [3.8, 4) is 11.5 Å². The number of para-hydroxylation sites is 1. The topological polar surface area (TPSA) is 105 Å². The third-order valence-electron chi connectivity index (χ3n) is 6.26. The van der Waals surface area contributed by atoms with Crippen LogP contribution in [0.1, 0.15) is 25.0 Å². The summed E-state index contributed by atoms with van der Waals surface area (Å²) < 4.78 is 39.5. The molecule has 3 aromatic carbocycles. The lowest BCUT2D eigenvalue weighted by Crippen LogP contribution is -2.51. The Morgan fingerprint density at radius 2 is 1.56 bits per heavy atom. The van der Waals surface area contributed by atoms with E-state index in [9.17, 15) is 18.0 Å². The molecule has 0 radical (unpaired) electrons. The van der Waals surface area contributed by atoms with E-state index < -0.39 is 28.5 Å². The zero-order valence-electron chi connectivity index (χ0n) is 22.9. The Bertz CT molecular complexity index is 1380. The zero-order chi connectivity index (χ0) is 28.6. The number of likely N-dealkylation sites (N-methyl/N-ethyl adjacent to an activating group) is 1. The maximum atomic E-state index is 13.9. The number of methoxy groups -OCH3 is 2. The number of ether oxygens (including phenoxy) is 2. The SMILES string of the molecule is CCNC(=O)[C@H](C)N(Cc1ccc(C)cc1)C(=O)CN(c1ccccc1)S(=O)(=O)c1ccc(OC)c(OC)c1. The van der Waals surface area contributed by atoms with Crippen LogP contribution in [0.5, 0.6) is 11.5 Å². The molecule has 0 heterocycles. The molecule has 1 atom stereocenters. The summed E-state index contributed by atoms with van der Waals surface area (Å²) in [5, 5.41) is 2.75. The predicted molar refractivity (Wildman–Crippen MR) is 150 cm³/mol. The number of amides is 2. The van der Waals surface area contributed by atoms with Gasteiger partial charge in [-0.3, -0.25) is 13.9 Å². The van der Waals surface area contributed by atoms with Crippen molar-refractivity contribution in [1.82, 2.24) is 10.2 Å². The fraction of sp³-hybridized carbons (Fsp3) is 0.310. The number of benzene rings is 3. The fourth-order valence-corrected chi connectivity index (χ4v) is 5.45. The molecule has 0 aliphatic carbocycles. The normalized spacial score (nSPS) is 11.8. The van der Waals surface area contributed by atoms with E-state index in [2.05, 4.69) is 5.32 Å². The molecule has 39 heavy (non-hydrogen) atoms. The highest BCUT2D eigenvalue weighted by Crippen LogP contribution is 2.32. The second-order valence-corrected chi connectivity index (χ2v) is 10.8. The van der Waals surface area contributed by atoms with Gasteiger partial charge >= 0.3 is 0 Å². The van der Waals surface area contributed by atoms with Crippen molar-refractivity contribution >= 4 is 27.5 Å². The number of aryl methyl sites for hydroxylation is 1. The lowest BCUT2D eigenvalue weighted by Gasteiger charge is -2.32. The molecule has 0 aromatic heterocycles. The average Bonchev–Trinajstić information content (AvgIpc) is 2.95. The van der Waals surface area contributed by atoms with Crippen molar-refractivity contribution in [3.05, 3.63) is 83.9 Å². The number of rotatable bonds is 12. The molecule has 2 amide bonds. The molecular formula is C29H35N3O6S. The quantitative estimate of drug-likeness (QED) is 0.366. The van der Waals surface area contributed by atoms with Gasteiger partial charge in [-0.1, -0.05) is 48.0 Å². The van der Waals surface area contributed by atoms with E-state index in [-0.39, 0.29) is 23.1 Å². The molecule has 0 unspecified atom stereocenters. The summed E-state index contributed by atoms with van der Waals surface area (Å²) in [6.45, 7) is 5.41. The van der Waals surface area contributed by atoms with E-state index >= 15 is 0 Å². The van der Waals surface area contributed by atoms with Crippen molar-refractivity contribution in [2.24, 2.45) is 0 Å². The van der Waals surface area contributed by atoms with E-state index in [0.717, 1.165) is 15.4 Å². The van der Waals surface area contributed by atoms with Gasteiger partial charge in [-0.2, -0.15) is 0 Å². The molecule has 0 aliphatic rings. The highest BCUT2D eigenvalue weighted by Gasteiger charge is 2.32. The van der Waals surface area contributed by atoms with Crippen molar-refractivity contribution in [2.45, 2.75) is 38.3 Å². The van der Waals surface area contributed by atoms with Crippen molar-refractivity contribution in [2.75, 3.05) is 31.6 Å². The number of sulfonamides is 1. The molecule has 10 heteroatoms. The number of anilines is 1. The van der Waals surface area contributed by atoms with Crippen LogP contribution in [0.25, 0.3) is 0 Å². The molecule has 3 aromatic rings. The molecule has 9 nitrogen and oxygen atoms in total. The first kappa shape index (κ1) is 29.5. The molecular weight excluding hydrogens is 518 g/mol. The standard InChI is InChI=1S/C29H35N3O6S/c1-6-30-29(34)22(3)31(19-23-14-12-21(2)13-15-23)28(33)20-32(24-10-8-7-9-11-24)39(35,36)25-16-17-26(37-4)27(18-25)38-5/h7-18,22H,6,19-20H2,1-5H3,(H,30,34)/t22-/m0/s1. The van der Waals surface area contributed by atoms with Crippen LogP contribution in [-0.4, -0.2) is 58.5 Å². The summed E-state index contributed by atoms with van der Waals surface area (Å²) in [7, 11) is -1.35. The van der Waals surface area contributed by atoms with Gasteiger partial charge in [-0.25, -0.2) is 8.42 Å². The molecule has 0 fully saturated rings. The minimum absolute atomic E-state index is 0.0707. The molecule has 1 N–H and O–H groups in total. The van der Waals surface area contributed by atoms with E-state index in [4.69, 9.17) is 9.47 Å². The van der Waals surface area contributed by atoms with Gasteiger partial charge < -0.3 is 19.7 Å². The Morgan fingerprint density at radius 1 is 0.923 bits per heavy atom. The first-order valence-electron chi connectivity index (χ1n) is 12.5. The monoisotopic (exact) mass is 553 g/mol. The Hall–Kier alpha value is -4.05. The van der Waals surface area contributed by atoms with Crippen LogP contribution in [0.4, 0.5) is 5.69 Å². The van der Waals surface area contributed by atoms with E-state index in [1.165, 1.54) is 37.3 Å². The van der Waals surface area contributed by atoms with Crippen LogP contribution in [0, 0.1) is 6.92 Å². The predicted octanol–water partition coefficient (Wildman–Crippen LogP) is 3.76. The van der Waals surface area contributed by atoms with Crippen LogP contribution in [0.3, 0.4) is 0 Å². The number of nitrogens with one attached hydrogen (secondary N) is 1. The van der Waals surface area contributed by atoms with Gasteiger partial charge in [0.25, 0.3) is 10.0 Å². The van der Waals surface area contributed by atoms with Gasteiger partial charge in [-0.05, 0) is 50.6 Å². The second-order valence-electron chi connectivity index (χ2n) is 8.94. The number of hydrogen-bond acceptors (Lipinski definition) is 6. The summed E-state index contributed by atoms with van der Waals surface area (Å²) in [5.74, 6) is -0.239. The number of hydrogen-bond donors (Lipinski definition) is 1. The summed E-state index contributed by atoms with van der Waals surface area (Å²) in [6.07, 6.45) is 0. The van der Waals surface area contributed by atoms with Crippen molar-refractivity contribution < 1.29 is 27.5 Å². The molecule has 0 spiro atoms. The molecule has 3 rings (SSSR count). The Morgan fingerprint density at radius 3 is 2.15 bits per heavy atom. The van der Waals surface area contributed by atoms with Crippen LogP contribution in [-0.2, 0) is 26.2 Å². The first-order valence-corrected chi connectivity index (χ1v) is 14.0. The summed E-state index contributed by atoms with van der Waals surface area (Å²) >= 11 is 0. The summed E-state index contributed by atoms with van der Waals surface area (Å²) in [6, 6.07) is 19.4. The highest BCUT2D eigenvalue weighted by molar-refractivity contribution is 7.92. The highest BCUT2D eigenvalue weighted by atomic mass is 32.2. The lowest BCUT2D eigenvalue weighted by molar-refractivity contribution is -0.139. The largest absolute Gasteiger partial charge is 0.493 e. The van der Waals surface area contributed by atoms with E-state index in [1.807, 2.05) is 31.2 Å². The van der Waals surface area contributed by atoms with Crippen LogP contribution >= 0.6 is 0 Å². The lowest BCUT2D eigenvalue weighted by atomic mass is 10.1. The fourth-order valence-electron chi connectivity index (χ4n) is 4.02. The summed E-state index contributed by atoms with van der Waals surface area (Å²) in [4.78, 5) is 27.9.